The summed E-state index contributed by atoms with van der Waals surface area (Å²) in [4.78, 5) is 8.45. The number of benzene rings is 1. The molecule has 0 bridgehead atoms. The molecule has 32 heavy (non-hydrogen) atoms. The topological polar surface area (TPSA) is 58.1 Å². The number of fused-ring (bicyclic) bond motifs is 1. The summed E-state index contributed by atoms with van der Waals surface area (Å²) in [5, 5.41) is 9.11. The molecule has 6 nitrogen and oxygen atoms in total. The van der Waals surface area contributed by atoms with Gasteiger partial charge in [-0.3, -0.25) is 9.89 Å². The molecule has 2 aromatic rings. The third-order valence-corrected chi connectivity index (χ3v) is 7.02. The van der Waals surface area contributed by atoms with Crippen LogP contribution in [0, 0.1) is 12.8 Å². The van der Waals surface area contributed by atoms with Crippen molar-refractivity contribution in [1.82, 2.24) is 15.5 Å². The van der Waals surface area contributed by atoms with Gasteiger partial charge in [-0.2, -0.15) is 0 Å². The summed E-state index contributed by atoms with van der Waals surface area (Å²) >= 11 is 1.89. The molecule has 1 fully saturated rings. The average Bonchev–Trinajstić information content (AvgIpc) is 3.47. The Morgan fingerprint density at radius 3 is 3.03 bits per heavy atom. The van der Waals surface area contributed by atoms with Crippen molar-refractivity contribution >= 4 is 41.3 Å². The van der Waals surface area contributed by atoms with Crippen LogP contribution >= 0.6 is 35.3 Å². The van der Waals surface area contributed by atoms with Crippen LogP contribution in [-0.4, -0.2) is 57.4 Å². The van der Waals surface area contributed by atoms with Gasteiger partial charge in [0.25, 0.3) is 0 Å². The molecule has 1 aromatic heterocycles. The van der Waals surface area contributed by atoms with Gasteiger partial charge in [0.15, 0.2) is 5.96 Å². The van der Waals surface area contributed by atoms with Crippen molar-refractivity contribution in [3.8, 4) is 5.75 Å². The highest BCUT2D eigenvalue weighted by Gasteiger charge is 2.18. The van der Waals surface area contributed by atoms with Crippen LogP contribution in [-0.2, 0) is 24.2 Å². The smallest absolute Gasteiger partial charge is 0.191 e. The Hall–Kier alpha value is -1.36. The fourth-order valence-corrected chi connectivity index (χ4v) is 4.98. The molecular formula is C24H35IN4O2S. The standard InChI is InChI=1S/C24H34N4O2S.HI/c1-18-3-4-20(22(13-18)30-17-19-6-11-29-16-19)14-27-24(25-2)26-8-10-28-9-5-23-21(15-28)7-12-31-23;/h3-4,7,12-13,19H,5-6,8-11,14-17H2,1-2H3,(H2,25,26,27);1H. The maximum atomic E-state index is 6.16. The van der Waals surface area contributed by atoms with Crippen molar-refractivity contribution in [3.63, 3.8) is 0 Å². The van der Waals surface area contributed by atoms with Crippen molar-refractivity contribution in [3.05, 3.63) is 51.2 Å². The minimum Gasteiger partial charge on any atom is -0.493 e. The summed E-state index contributed by atoms with van der Waals surface area (Å²) in [6.07, 6.45) is 2.25. The molecule has 2 aliphatic rings. The van der Waals surface area contributed by atoms with E-state index < -0.39 is 0 Å². The lowest BCUT2D eigenvalue weighted by atomic mass is 10.1. The quantitative estimate of drug-likeness (QED) is 0.287. The number of nitrogens with zero attached hydrogens (tertiary/aromatic N) is 2. The van der Waals surface area contributed by atoms with Crippen LogP contribution in [0.2, 0.25) is 0 Å². The van der Waals surface area contributed by atoms with Gasteiger partial charge in [0.2, 0.25) is 0 Å². The van der Waals surface area contributed by atoms with Gasteiger partial charge >= 0.3 is 0 Å². The number of guanidine groups is 1. The number of halogens is 1. The van der Waals surface area contributed by atoms with E-state index in [0.29, 0.717) is 19.1 Å². The first-order valence-corrected chi connectivity index (χ1v) is 12.1. The average molecular weight is 571 g/mol. The second-order valence-electron chi connectivity index (χ2n) is 8.40. The number of nitrogens with one attached hydrogen (secondary N) is 2. The van der Waals surface area contributed by atoms with E-state index in [0.717, 1.165) is 63.1 Å². The van der Waals surface area contributed by atoms with Crippen LogP contribution in [0.25, 0.3) is 0 Å². The molecule has 0 aliphatic carbocycles. The molecule has 1 atom stereocenters. The molecule has 0 saturated carbocycles. The Morgan fingerprint density at radius 2 is 2.22 bits per heavy atom. The van der Waals surface area contributed by atoms with Crippen molar-refractivity contribution in [2.24, 2.45) is 10.9 Å². The molecular weight excluding hydrogens is 535 g/mol. The van der Waals surface area contributed by atoms with Crippen molar-refractivity contribution < 1.29 is 9.47 Å². The highest BCUT2D eigenvalue weighted by Crippen LogP contribution is 2.24. The van der Waals surface area contributed by atoms with Crippen molar-refractivity contribution in [2.45, 2.75) is 32.9 Å². The monoisotopic (exact) mass is 570 g/mol. The third-order valence-electron chi connectivity index (χ3n) is 6.00. The molecule has 0 radical (unpaired) electrons. The predicted octanol–water partition coefficient (Wildman–Crippen LogP) is 3.81. The fraction of sp³-hybridized carbons (Fsp3) is 0.542. The number of ether oxygens (including phenoxy) is 2. The minimum absolute atomic E-state index is 0. The van der Waals surface area contributed by atoms with Gasteiger partial charge in [-0.25, -0.2) is 0 Å². The first-order chi connectivity index (χ1) is 15.2. The van der Waals surface area contributed by atoms with Crippen LogP contribution in [0.3, 0.4) is 0 Å². The molecule has 176 valence electrons. The van der Waals surface area contributed by atoms with Gasteiger partial charge < -0.3 is 20.1 Å². The van der Waals surface area contributed by atoms with Crippen LogP contribution < -0.4 is 15.4 Å². The van der Waals surface area contributed by atoms with Crippen LogP contribution in [0.1, 0.15) is 28.0 Å². The number of rotatable bonds is 8. The summed E-state index contributed by atoms with van der Waals surface area (Å²) in [6, 6.07) is 8.66. The number of hydrogen-bond acceptors (Lipinski definition) is 5. The number of aryl methyl sites for hydroxylation is 1. The normalized spacial score (nSPS) is 18.7. The van der Waals surface area contributed by atoms with E-state index >= 15 is 0 Å². The second-order valence-corrected chi connectivity index (χ2v) is 9.40. The molecule has 1 aromatic carbocycles. The summed E-state index contributed by atoms with van der Waals surface area (Å²) < 4.78 is 11.6. The zero-order chi connectivity index (χ0) is 21.5. The molecule has 3 heterocycles. The maximum absolute atomic E-state index is 6.16. The van der Waals surface area contributed by atoms with Gasteiger partial charge in [0, 0.05) is 62.7 Å². The Morgan fingerprint density at radius 1 is 1.31 bits per heavy atom. The van der Waals surface area contributed by atoms with Gasteiger partial charge in [0.1, 0.15) is 5.75 Å². The Balaban J connectivity index is 0.00000289. The first kappa shape index (κ1) is 25.3. The predicted molar refractivity (Wildman–Crippen MR) is 143 cm³/mol. The Kier molecular flexibility index (Phi) is 10.1. The first-order valence-electron chi connectivity index (χ1n) is 11.2. The van der Waals surface area contributed by atoms with E-state index in [9.17, 15) is 0 Å². The second kappa shape index (κ2) is 12.8. The lowest BCUT2D eigenvalue weighted by Gasteiger charge is -2.27. The van der Waals surface area contributed by atoms with Crippen LogP contribution in [0.15, 0.2) is 34.6 Å². The Labute approximate surface area is 212 Å². The molecule has 8 heteroatoms. The molecule has 4 rings (SSSR count). The fourth-order valence-electron chi connectivity index (χ4n) is 4.09. The molecule has 2 N–H and O–H groups in total. The largest absolute Gasteiger partial charge is 0.493 e. The molecule has 1 unspecified atom stereocenters. The van der Waals surface area contributed by atoms with Gasteiger partial charge in [-0.1, -0.05) is 12.1 Å². The highest BCUT2D eigenvalue weighted by atomic mass is 127. The van der Waals surface area contributed by atoms with E-state index in [1.54, 1.807) is 4.88 Å². The molecule has 2 aliphatic heterocycles. The molecule has 0 amide bonds. The van der Waals surface area contributed by atoms with E-state index in [1.165, 1.54) is 17.5 Å². The van der Waals surface area contributed by atoms with E-state index in [1.807, 2.05) is 18.4 Å². The third kappa shape index (κ3) is 7.07. The minimum atomic E-state index is 0. The van der Waals surface area contributed by atoms with Crippen LogP contribution in [0.4, 0.5) is 0 Å². The summed E-state index contributed by atoms with van der Waals surface area (Å²) in [5.41, 5.74) is 3.85. The lowest BCUT2D eigenvalue weighted by molar-refractivity contribution is 0.166. The molecule has 1 saturated heterocycles. The zero-order valence-corrected chi connectivity index (χ0v) is 22.2. The van der Waals surface area contributed by atoms with Crippen molar-refractivity contribution in [1.29, 1.82) is 0 Å². The van der Waals surface area contributed by atoms with E-state index in [2.05, 4.69) is 57.1 Å². The number of thiophene rings is 1. The van der Waals surface area contributed by atoms with Gasteiger partial charge in [0.05, 0.1) is 13.2 Å². The maximum Gasteiger partial charge on any atom is 0.191 e. The summed E-state index contributed by atoms with van der Waals surface area (Å²) in [6.45, 7) is 9.23. The van der Waals surface area contributed by atoms with E-state index in [-0.39, 0.29) is 24.0 Å². The summed E-state index contributed by atoms with van der Waals surface area (Å²) in [5.74, 6) is 2.27. The number of aliphatic imine (C=N–C) groups is 1. The van der Waals surface area contributed by atoms with Gasteiger partial charge in [-0.05, 0) is 48.4 Å². The van der Waals surface area contributed by atoms with E-state index in [4.69, 9.17) is 9.47 Å². The molecule has 0 spiro atoms. The van der Waals surface area contributed by atoms with Gasteiger partial charge in [-0.15, -0.1) is 35.3 Å². The Bertz CT molecular complexity index is 883. The SMILES string of the molecule is CN=C(NCCN1CCc2sccc2C1)NCc1ccc(C)cc1OCC1CCOC1.I. The summed E-state index contributed by atoms with van der Waals surface area (Å²) in [7, 11) is 1.82. The lowest BCUT2D eigenvalue weighted by Crippen LogP contribution is -2.42. The highest BCUT2D eigenvalue weighted by molar-refractivity contribution is 14.0. The van der Waals surface area contributed by atoms with Crippen LogP contribution in [0.5, 0.6) is 5.75 Å². The zero-order valence-electron chi connectivity index (χ0n) is 19.1. The van der Waals surface area contributed by atoms with Crippen molar-refractivity contribution in [2.75, 3.05) is 46.5 Å². The number of hydrogen-bond donors (Lipinski definition) is 2.